The highest BCUT2D eigenvalue weighted by molar-refractivity contribution is 5.99. The Bertz CT molecular complexity index is 931. The number of carbonyl (C=O) groups excluding carboxylic acids is 2. The van der Waals surface area contributed by atoms with Crippen molar-refractivity contribution >= 4 is 29.4 Å². The lowest BCUT2D eigenvalue weighted by molar-refractivity contribution is -0.169. The van der Waals surface area contributed by atoms with Crippen LogP contribution >= 0.6 is 0 Å². The van der Waals surface area contributed by atoms with Crippen LogP contribution in [0, 0.1) is 0 Å². The van der Waals surface area contributed by atoms with E-state index in [4.69, 9.17) is 5.11 Å². The summed E-state index contributed by atoms with van der Waals surface area (Å²) in [6.07, 6.45) is -6.00. The summed E-state index contributed by atoms with van der Waals surface area (Å²) in [5.41, 5.74) is -0.811. The van der Waals surface area contributed by atoms with E-state index in [0.717, 1.165) is 12.3 Å². The summed E-state index contributed by atoms with van der Waals surface area (Å²) in [6.45, 7) is -0.567. The number of anilines is 1. The number of aliphatic imine (C=N–C) groups is 1. The first kappa shape index (κ1) is 23.7. The van der Waals surface area contributed by atoms with Crippen LogP contribution in [0.5, 0.6) is 0 Å². The average molecular weight is 448 g/mol. The summed E-state index contributed by atoms with van der Waals surface area (Å²) < 4.78 is 38.3. The first-order chi connectivity index (χ1) is 14.5. The Morgan fingerprint density at radius 2 is 2.03 bits per heavy atom. The number of carboxylic acid groups (broad SMARTS) is 1. The van der Waals surface area contributed by atoms with Gasteiger partial charge >= 0.3 is 12.1 Å². The minimum absolute atomic E-state index is 0.0849. The van der Waals surface area contributed by atoms with Gasteiger partial charge in [-0.05, 0) is 6.07 Å². The van der Waals surface area contributed by atoms with Crippen LogP contribution < -0.4 is 26.8 Å². The van der Waals surface area contributed by atoms with Crippen molar-refractivity contribution in [3.05, 3.63) is 28.2 Å². The smallest absolute Gasteiger partial charge is 0.409 e. The number of amides is 2. The number of carboxylic acids is 1. The van der Waals surface area contributed by atoms with E-state index in [0.29, 0.717) is 0 Å². The fourth-order valence-corrected chi connectivity index (χ4v) is 2.38. The van der Waals surface area contributed by atoms with Crippen molar-refractivity contribution in [2.75, 3.05) is 25.0 Å². The molecule has 0 aliphatic carbocycles. The number of carbonyl (C=O) groups is 3. The number of aliphatic hydroxyl groups excluding tert-OH is 1. The Morgan fingerprint density at radius 1 is 1.32 bits per heavy atom. The second kappa shape index (κ2) is 9.92. The van der Waals surface area contributed by atoms with E-state index in [-0.39, 0.29) is 30.3 Å². The molecule has 0 aromatic carbocycles. The number of halogens is 3. The lowest BCUT2D eigenvalue weighted by Crippen LogP contribution is -2.49. The average Bonchev–Trinajstić information content (AvgIpc) is 2.68. The number of rotatable bonds is 7. The molecule has 0 saturated carbocycles. The number of aromatic nitrogens is 1. The number of hydrogen-bond donors (Lipinski definition) is 7. The van der Waals surface area contributed by atoms with Crippen LogP contribution in [-0.4, -0.2) is 76.9 Å². The summed E-state index contributed by atoms with van der Waals surface area (Å²) in [6, 6.07) is -1.48. The van der Waals surface area contributed by atoms with Crippen molar-refractivity contribution in [2.45, 2.75) is 24.7 Å². The van der Waals surface area contributed by atoms with Gasteiger partial charge < -0.3 is 36.5 Å². The van der Waals surface area contributed by atoms with Gasteiger partial charge in [0.1, 0.15) is 11.7 Å². The van der Waals surface area contributed by atoms with E-state index in [2.05, 4.69) is 25.9 Å². The summed E-state index contributed by atoms with van der Waals surface area (Å²) in [7, 11) is 0. The number of H-pyrrole nitrogens is 1. The van der Waals surface area contributed by atoms with Crippen molar-refractivity contribution in [3.8, 4) is 0 Å². The predicted octanol–water partition coefficient (Wildman–Crippen LogP) is -1.64. The van der Waals surface area contributed by atoms with Gasteiger partial charge in [-0.15, -0.1) is 0 Å². The van der Waals surface area contributed by atoms with E-state index in [1.54, 1.807) is 0 Å². The largest absolute Gasteiger partial charge is 0.481 e. The van der Waals surface area contributed by atoms with Crippen LogP contribution in [-0.2, 0) is 9.59 Å². The molecule has 12 nitrogen and oxygen atoms in total. The number of aliphatic hydroxyl groups is 1. The van der Waals surface area contributed by atoms with Crippen molar-refractivity contribution in [3.63, 3.8) is 0 Å². The van der Waals surface area contributed by atoms with Crippen molar-refractivity contribution in [1.29, 1.82) is 0 Å². The van der Waals surface area contributed by atoms with Gasteiger partial charge in [-0.1, -0.05) is 0 Å². The third-order valence-corrected chi connectivity index (χ3v) is 3.90. The molecule has 1 aliphatic heterocycles. The molecule has 0 radical (unpaired) electrons. The van der Waals surface area contributed by atoms with Crippen LogP contribution in [0.1, 0.15) is 16.8 Å². The molecule has 7 N–H and O–H groups in total. The van der Waals surface area contributed by atoms with Gasteiger partial charge in [0.05, 0.1) is 31.2 Å². The standard InChI is InChI=1S/C16H19F3N6O6/c17-16(18,19)10(2-12(28)29)25-11(27)6-21-13(30)7-1-9(14(31)20-3-7)24-15-22-4-8(26)5-23-15/h1,3,8,10,26H,2,4-6H2,(H,20,31)(H,21,30)(H,25,27)(H,28,29)(H2,22,23,24). The summed E-state index contributed by atoms with van der Waals surface area (Å²) in [5.74, 6) is -3.71. The fourth-order valence-electron chi connectivity index (χ4n) is 2.38. The van der Waals surface area contributed by atoms with Crippen LogP contribution in [0.4, 0.5) is 18.9 Å². The number of pyridine rings is 1. The second-order valence-electron chi connectivity index (χ2n) is 6.42. The SMILES string of the molecule is O=C(O)CC(NC(=O)CNC(=O)c1c[nH]c(=O)c(NC2=NCC(O)CN2)c1)C(F)(F)F. The molecule has 0 bridgehead atoms. The molecular formula is C16H19F3N6O6. The van der Waals surface area contributed by atoms with E-state index < -0.39 is 54.6 Å². The normalized spacial score (nSPS) is 17.0. The molecule has 15 heteroatoms. The molecule has 0 saturated heterocycles. The van der Waals surface area contributed by atoms with E-state index in [1.807, 2.05) is 0 Å². The first-order valence-electron chi connectivity index (χ1n) is 8.78. The second-order valence-corrected chi connectivity index (χ2v) is 6.42. The molecule has 2 atom stereocenters. The minimum atomic E-state index is -4.98. The highest BCUT2D eigenvalue weighted by atomic mass is 19.4. The van der Waals surface area contributed by atoms with Gasteiger partial charge in [-0.25, -0.2) is 0 Å². The van der Waals surface area contributed by atoms with Gasteiger partial charge in [0.15, 0.2) is 5.96 Å². The highest BCUT2D eigenvalue weighted by Crippen LogP contribution is 2.22. The van der Waals surface area contributed by atoms with Crippen LogP contribution in [0.15, 0.2) is 22.1 Å². The summed E-state index contributed by atoms with van der Waals surface area (Å²) in [5, 5.41) is 26.8. The highest BCUT2D eigenvalue weighted by Gasteiger charge is 2.42. The van der Waals surface area contributed by atoms with E-state index in [1.165, 1.54) is 5.32 Å². The Hall–Kier alpha value is -3.62. The third-order valence-electron chi connectivity index (χ3n) is 3.90. The zero-order valence-electron chi connectivity index (χ0n) is 15.7. The lowest BCUT2D eigenvalue weighted by atomic mass is 10.2. The van der Waals surface area contributed by atoms with Gasteiger partial charge in [0, 0.05) is 12.7 Å². The third kappa shape index (κ3) is 7.29. The molecule has 0 spiro atoms. The number of alkyl halides is 3. The van der Waals surface area contributed by atoms with Gasteiger partial charge in [0.25, 0.3) is 11.5 Å². The van der Waals surface area contributed by atoms with E-state index in [9.17, 15) is 37.5 Å². The molecule has 1 aliphatic rings. The maximum Gasteiger partial charge on any atom is 0.409 e. The Balaban J connectivity index is 1.98. The first-order valence-corrected chi connectivity index (χ1v) is 8.78. The number of nitrogens with zero attached hydrogens (tertiary/aromatic N) is 1. The Kier molecular flexibility index (Phi) is 7.57. The number of nitrogens with one attached hydrogen (secondary N) is 5. The molecule has 2 amide bonds. The molecule has 170 valence electrons. The van der Waals surface area contributed by atoms with Crippen molar-refractivity contribution in [2.24, 2.45) is 4.99 Å². The molecule has 0 fully saturated rings. The summed E-state index contributed by atoms with van der Waals surface area (Å²) >= 11 is 0. The van der Waals surface area contributed by atoms with E-state index >= 15 is 0 Å². The number of guanidine groups is 1. The van der Waals surface area contributed by atoms with Crippen LogP contribution in [0.25, 0.3) is 0 Å². The van der Waals surface area contributed by atoms with Crippen molar-refractivity contribution < 1.29 is 37.8 Å². The molecule has 2 heterocycles. The quantitative estimate of drug-likeness (QED) is 0.259. The number of aromatic amines is 1. The predicted molar refractivity (Wildman–Crippen MR) is 99.6 cm³/mol. The number of β-amino-alcohol motifs (C(OH)–C–C–N with tert-alkyl or cyclic N) is 1. The van der Waals surface area contributed by atoms with Crippen LogP contribution in [0.2, 0.25) is 0 Å². The minimum Gasteiger partial charge on any atom is -0.481 e. The summed E-state index contributed by atoms with van der Waals surface area (Å²) in [4.78, 5) is 52.5. The maximum atomic E-state index is 12.8. The number of aliphatic carboxylic acids is 1. The van der Waals surface area contributed by atoms with Crippen LogP contribution in [0.3, 0.4) is 0 Å². The topological polar surface area (TPSA) is 185 Å². The molecule has 2 unspecified atom stereocenters. The zero-order chi connectivity index (χ0) is 23.2. The Morgan fingerprint density at radius 3 is 2.61 bits per heavy atom. The maximum absolute atomic E-state index is 12.8. The van der Waals surface area contributed by atoms with Gasteiger partial charge in [0.2, 0.25) is 5.91 Å². The molecular weight excluding hydrogens is 429 g/mol. The monoisotopic (exact) mass is 448 g/mol. The van der Waals surface area contributed by atoms with Gasteiger partial charge in [-0.2, -0.15) is 13.2 Å². The fraction of sp³-hybridized carbons (Fsp3) is 0.438. The molecule has 1 aromatic heterocycles. The Labute approximate surface area is 171 Å². The zero-order valence-corrected chi connectivity index (χ0v) is 15.7. The molecule has 31 heavy (non-hydrogen) atoms. The molecule has 2 rings (SSSR count). The molecule has 1 aromatic rings. The van der Waals surface area contributed by atoms with Gasteiger partial charge in [-0.3, -0.25) is 24.2 Å². The van der Waals surface area contributed by atoms with Crippen molar-refractivity contribution in [1.82, 2.24) is 20.9 Å². The number of hydrogen-bond acceptors (Lipinski definition) is 8. The lowest BCUT2D eigenvalue weighted by Gasteiger charge is -2.20.